The third-order valence-electron chi connectivity index (χ3n) is 2.44. The van der Waals surface area contributed by atoms with Crippen LogP contribution in [0.4, 0.5) is 8.78 Å². The zero-order chi connectivity index (χ0) is 10.6. The molecule has 0 aromatic heterocycles. The van der Waals surface area contributed by atoms with Gasteiger partial charge in [0.1, 0.15) is 0 Å². The van der Waals surface area contributed by atoms with Crippen molar-refractivity contribution in [3.8, 4) is 0 Å². The van der Waals surface area contributed by atoms with Gasteiger partial charge in [-0.2, -0.15) is 0 Å². The van der Waals surface area contributed by atoms with Gasteiger partial charge in [-0.15, -0.1) is 0 Å². The van der Waals surface area contributed by atoms with Crippen LogP contribution in [0.3, 0.4) is 0 Å². The number of halogens is 2. The highest BCUT2D eigenvalue weighted by Gasteiger charge is 2.35. The molecule has 0 aromatic carbocycles. The zero-order valence-corrected chi connectivity index (χ0v) is 8.35. The van der Waals surface area contributed by atoms with Gasteiger partial charge in [-0.25, -0.2) is 8.78 Å². The van der Waals surface area contributed by atoms with Crippen LogP contribution < -0.4 is 5.32 Å². The number of hydrogen-bond acceptors (Lipinski definition) is 2. The van der Waals surface area contributed by atoms with E-state index in [1.165, 1.54) is 4.90 Å². The topological polar surface area (TPSA) is 32.3 Å². The standard InChI is InChI=1S/C9H16F2N2O/c1-12-5-2-8(14)13-6-3-9(10,11)4-7-13/h12H,2-7H2,1H3. The number of carbonyl (C=O) groups is 1. The molecule has 0 radical (unpaired) electrons. The maximum absolute atomic E-state index is 12.7. The van der Waals surface area contributed by atoms with Gasteiger partial charge >= 0.3 is 0 Å². The second kappa shape index (κ2) is 4.68. The van der Waals surface area contributed by atoms with Crippen LogP contribution in [-0.4, -0.2) is 43.4 Å². The van der Waals surface area contributed by atoms with Gasteiger partial charge in [0.05, 0.1) is 0 Å². The molecule has 0 bridgehead atoms. The highest BCUT2D eigenvalue weighted by Crippen LogP contribution is 2.27. The maximum atomic E-state index is 12.7. The maximum Gasteiger partial charge on any atom is 0.251 e. The van der Waals surface area contributed by atoms with Crippen molar-refractivity contribution < 1.29 is 13.6 Å². The van der Waals surface area contributed by atoms with Gasteiger partial charge in [-0.3, -0.25) is 4.79 Å². The second-order valence-electron chi connectivity index (χ2n) is 3.59. The molecule has 1 aliphatic rings. The lowest BCUT2D eigenvalue weighted by atomic mass is 10.1. The third kappa shape index (κ3) is 3.21. The molecular weight excluding hydrogens is 190 g/mol. The minimum atomic E-state index is -2.57. The predicted octanol–water partition coefficient (Wildman–Crippen LogP) is 0.854. The van der Waals surface area contributed by atoms with E-state index in [-0.39, 0.29) is 31.8 Å². The highest BCUT2D eigenvalue weighted by atomic mass is 19.3. The van der Waals surface area contributed by atoms with Gasteiger partial charge in [0.2, 0.25) is 5.91 Å². The summed E-state index contributed by atoms with van der Waals surface area (Å²) in [4.78, 5) is 12.9. The zero-order valence-electron chi connectivity index (χ0n) is 8.35. The fourth-order valence-corrected chi connectivity index (χ4v) is 1.47. The summed E-state index contributed by atoms with van der Waals surface area (Å²) in [6, 6.07) is 0. The van der Waals surface area contributed by atoms with E-state index in [4.69, 9.17) is 0 Å². The van der Waals surface area contributed by atoms with E-state index in [0.717, 1.165) is 0 Å². The Bertz CT molecular complexity index is 199. The quantitative estimate of drug-likeness (QED) is 0.742. The van der Waals surface area contributed by atoms with Gasteiger partial charge in [-0.1, -0.05) is 0 Å². The first-order valence-corrected chi connectivity index (χ1v) is 4.85. The van der Waals surface area contributed by atoms with Crippen molar-refractivity contribution >= 4 is 5.91 Å². The van der Waals surface area contributed by atoms with Crippen LogP contribution in [0.5, 0.6) is 0 Å². The molecule has 1 heterocycles. The number of piperidine rings is 1. The Labute approximate surface area is 82.5 Å². The van der Waals surface area contributed by atoms with Crippen LogP contribution in [0.2, 0.25) is 0 Å². The number of alkyl halides is 2. The second-order valence-corrected chi connectivity index (χ2v) is 3.59. The predicted molar refractivity (Wildman–Crippen MR) is 49.3 cm³/mol. The SMILES string of the molecule is CNCCC(=O)N1CCC(F)(F)CC1. The molecule has 0 spiro atoms. The van der Waals surface area contributed by atoms with Crippen molar-refractivity contribution in [2.24, 2.45) is 0 Å². The van der Waals surface area contributed by atoms with Crippen molar-refractivity contribution in [3.05, 3.63) is 0 Å². The Balaban J connectivity index is 2.30. The molecule has 0 saturated carbocycles. The molecule has 0 aliphatic carbocycles. The van der Waals surface area contributed by atoms with Crippen LogP contribution >= 0.6 is 0 Å². The summed E-state index contributed by atoms with van der Waals surface area (Å²) >= 11 is 0. The molecule has 0 atom stereocenters. The average molecular weight is 206 g/mol. The molecule has 1 fully saturated rings. The van der Waals surface area contributed by atoms with Crippen molar-refractivity contribution in [3.63, 3.8) is 0 Å². The van der Waals surface area contributed by atoms with Gasteiger partial charge < -0.3 is 10.2 Å². The largest absolute Gasteiger partial charge is 0.342 e. The number of carbonyl (C=O) groups excluding carboxylic acids is 1. The molecule has 1 N–H and O–H groups in total. The molecule has 0 aromatic rings. The van der Waals surface area contributed by atoms with Crippen molar-refractivity contribution in [1.82, 2.24) is 10.2 Å². The van der Waals surface area contributed by atoms with Crippen molar-refractivity contribution in [1.29, 1.82) is 0 Å². The Morgan fingerprint density at radius 1 is 1.43 bits per heavy atom. The summed E-state index contributed by atoms with van der Waals surface area (Å²) in [7, 11) is 1.76. The smallest absolute Gasteiger partial charge is 0.251 e. The summed E-state index contributed by atoms with van der Waals surface area (Å²) in [6.45, 7) is 0.983. The molecule has 1 amide bonds. The van der Waals surface area contributed by atoms with E-state index < -0.39 is 5.92 Å². The van der Waals surface area contributed by atoms with Crippen LogP contribution in [-0.2, 0) is 4.79 Å². The Kier molecular flexibility index (Phi) is 3.80. The van der Waals surface area contributed by atoms with Crippen molar-refractivity contribution in [2.75, 3.05) is 26.7 Å². The first kappa shape index (κ1) is 11.4. The first-order valence-electron chi connectivity index (χ1n) is 4.85. The number of amides is 1. The summed E-state index contributed by atoms with van der Waals surface area (Å²) in [5.41, 5.74) is 0. The fourth-order valence-electron chi connectivity index (χ4n) is 1.47. The Hall–Kier alpha value is -0.710. The fraction of sp³-hybridized carbons (Fsp3) is 0.889. The van der Waals surface area contributed by atoms with Crippen LogP contribution in [0.15, 0.2) is 0 Å². The number of nitrogens with one attached hydrogen (secondary N) is 1. The average Bonchev–Trinajstić information content (AvgIpc) is 2.14. The van der Waals surface area contributed by atoms with Gasteiger partial charge in [0.25, 0.3) is 5.92 Å². The van der Waals surface area contributed by atoms with E-state index in [1.807, 2.05) is 0 Å². The van der Waals surface area contributed by atoms with E-state index in [1.54, 1.807) is 7.05 Å². The first-order chi connectivity index (χ1) is 6.55. The van der Waals surface area contributed by atoms with Crippen LogP contribution in [0.1, 0.15) is 19.3 Å². The Morgan fingerprint density at radius 3 is 2.50 bits per heavy atom. The molecule has 3 nitrogen and oxygen atoms in total. The lowest BCUT2D eigenvalue weighted by molar-refractivity contribution is -0.137. The van der Waals surface area contributed by atoms with Gasteiger partial charge in [-0.05, 0) is 7.05 Å². The lowest BCUT2D eigenvalue weighted by Gasteiger charge is -2.31. The molecular formula is C9H16F2N2O. The molecule has 1 rings (SSSR count). The Morgan fingerprint density at radius 2 is 2.00 bits per heavy atom. The summed E-state index contributed by atoms with van der Waals surface area (Å²) in [5, 5.41) is 2.86. The third-order valence-corrected chi connectivity index (χ3v) is 2.44. The number of nitrogens with zero attached hydrogens (tertiary/aromatic N) is 1. The monoisotopic (exact) mass is 206 g/mol. The van der Waals surface area contributed by atoms with Crippen molar-refractivity contribution in [2.45, 2.75) is 25.2 Å². The number of likely N-dealkylation sites (tertiary alicyclic amines) is 1. The normalized spacial score (nSPS) is 20.9. The molecule has 0 unspecified atom stereocenters. The minimum Gasteiger partial charge on any atom is -0.342 e. The highest BCUT2D eigenvalue weighted by molar-refractivity contribution is 5.76. The van der Waals surface area contributed by atoms with E-state index in [0.29, 0.717) is 13.0 Å². The summed E-state index contributed by atoms with van der Waals surface area (Å²) < 4.78 is 25.5. The van der Waals surface area contributed by atoms with E-state index in [9.17, 15) is 13.6 Å². The van der Waals surface area contributed by atoms with Crippen LogP contribution in [0.25, 0.3) is 0 Å². The van der Waals surface area contributed by atoms with Gasteiger partial charge in [0.15, 0.2) is 0 Å². The molecule has 14 heavy (non-hydrogen) atoms. The van der Waals surface area contributed by atoms with E-state index >= 15 is 0 Å². The molecule has 1 aliphatic heterocycles. The number of hydrogen-bond donors (Lipinski definition) is 1. The van der Waals surface area contributed by atoms with Gasteiger partial charge in [0, 0.05) is 38.9 Å². The molecule has 82 valence electrons. The summed E-state index contributed by atoms with van der Waals surface area (Å²) in [6.07, 6.45) is -0.00133. The lowest BCUT2D eigenvalue weighted by Crippen LogP contribution is -2.43. The minimum absolute atomic E-state index is 0.0325. The molecule has 5 heteroatoms. The molecule has 1 saturated heterocycles. The number of rotatable bonds is 3. The summed E-state index contributed by atoms with van der Waals surface area (Å²) in [5.74, 6) is -2.60. The van der Waals surface area contributed by atoms with Crippen LogP contribution in [0, 0.1) is 0 Å². The van der Waals surface area contributed by atoms with E-state index in [2.05, 4.69) is 5.32 Å².